The van der Waals surface area contributed by atoms with Gasteiger partial charge in [0.2, 0.25) is 0 Å². The highest BCUT2D eigenvalue weighted by Gasteiger charge is 2.34. The van der Waals surface area contributed by atoms with Gasteiger partial charge in [0.1, 0.15) is 7.05 Å². The van der Waals surface area contributed by atoms with E-state index >= 15 is 0 Å². The Kier molecular flexibility index (Phi) is 3.81. The third-order valence-corrected chi connectivity index (χ3v) is 6.17. The summed E-state index contributed by atoms with van der Waals surface area (Å²) in [6.45, 7) is 0. The molecule has 0 atom stereocenters. The average molecular weight is 385 g/mol. The van der Waals surface area contributed by atoms with Gasteiger partial charge in [-0.25, -0.2) is 18.3 Å². The first-order valence-electron chi connectivity index (χ1n) is 9.87. The predicted molar refractivity (Wildman–Crippen MR) is 114 cm³/mol. The summed E-state index contributed by atoms with van der Waals surface area (Å²) in [5, 5.41) is 0. The van der Waals surface area contributed by atoms with E-state index in [-0.39, 0.29) is 0 Å². The van der Waals surface area contributed by atoms with Crippen molar-refractivity contribution in [2.45, 2.75) is 0 Å². The number of hydrogen-bond acceptors (Lipinski definition) is 0. The largest absolute Gasteiger partial charge is 0.355 e. The Bertz CT molecular complexity index is 1220. The predicted octanol–water partition coefficient (Wildman–Crippen LogP) is 2.48. The number of imidazole rings is 2. The SMILES string of the molecule is Cn1c(-c2cccc(-c3n(C)c4ccccc4[n+]3C)[n+]2C)[n+](C)c2ccccc21. The highest BCUT2D eigenvalue weighted by molar-refractivity contribution is 5.76. The van der Waals surface area contributed by atoms with Crippen molar-refractivity contribution in [2.24, 2.45) is 35.2 Å². The Balaban J connectivity index is 1.81. The minimum atomic E-state index is 1.17. The van der Waals surface area contributed by atoms with E-state index in [0.29, 0.717) is 0 Å². The zero-order chi connectivity index (χ0) is 20.3. The molecule has 0 saturated carbocycles. The van der Waals surface area contributed by atoms with Crippen LogP contribution in [0.15, 0.2) is 66.7 Å². The molecule has 0 fully saturated rings. The van der Waals surface area contributed by atoms with Crippen molar-refractivity contribution in [1.82, 2.24) is 9.13 Å². The zero-order valence-corrected chi connectivity index (χ0v) is 17.6. The first kappa shape index (κ1) is 17.6. The van der Waals surface area contributed by atoms with Crippen molar-refractivity contribution in [3.8, 4) is 23.0 Å². The van der Waals surface area contributed by atoms with Gasteiger partial charge in [-0.2, -0.15) is 4.57 Å². The van der Waals surface area contributed by atoms with Gasteiger partial charge in [0.25, 0.3) is 11.4 Å². The van der Waals surface area contributed by atoms with Crippen LogP contribution in [0.3, 0.4) is 0 Å². The lowest BCUT2D eigenvalue weighted by atomic mass is 10.2. The summed E-state index contributed by atoms with van der Waals surface area (Å²) in [4.78, 5) is 0. The van der Waals surface area contributed by atoms with Gasteiger partial charge >= 0.3 is 11.6 Å². The van der Waals surface area contributed by atoms with Gasteiger partial charge in [0.15, 0.2) is 22.1 Å². The Labute approximate surface area is 170 Å². The lowest BCUT2D eigenvalue weighted by Gasteiger charge is -2.03. The first-order valence-corrected chi connectivity index (χ1v) is 9.87. The smallest absolute Gasteiger partial charge is 0.220 e. The van der Waals surface area contributed by atoms with Crippen molar-refractivity contribution < 1.29 is 13.7 Å². The van der Waals surface area contributed by atoms with Gasteiger partial charge in [0, 0.05) is 12.1 Å². The van der Waals surface area contributed by atoms with Crippen LogP contribution in [0.2, 0.25) is 0 Å². The number of nitrogens with zero attached hydrogens (tertiary/aromatic N) is 5. The van der Waals surface area contributed by atoms with Crippen LogP contribution in [0.25, 0.3) is 45.1 Å². The van der Waals surface area contributed by atoms with Crippen molar-refractivity contribution in [2.75, 3.05) is 0 Å². The van der Waals surface area contributed by atoms with Crippen LogP contribution in [0.1, 0.15) is 0 Å². The maximum Gasteiger partial charge on any atom is 0.355 e. The van der Waals surface area contributed by atoms with Gasteiger partial charge in [-0.15, -0.1) is 0 Å². The number of fused-ring (bicyclic) bond motifs is 2. The Morgan fingerprint density at radius 3 is 1.34 bits per heavy atom. The maximum atomic E-state index is 2.29. The van der Waals surface area contributed by atoms with Gasteiger partial charge in [0.05, 0.1) is 28.2 Å². The Hall–Kier alpha value is -3.47. The highest BCUT2D eigenvalue weighted by atomic mass is 15.2. The summed E-state index contributed by atoms with van der Waals surface area (Å²) in [7, 11) is 10.7. The molecule has 5 rings (SSSR count). The fourth-order valence-electron chi connectivity index (χ4n) is 4.69. The van der Waals surface area contributed by atoms with Gasteiger partial charge in [-0.1, -0.05) is 24.3 Å². The zero-order valence-electron chi connectivity index (χ0n) is 17.6. The van der Waals surface area contributed by atoms with E-state index in [1.165, 1.54) is 45.1 Å². The standard InChI is InChI=1S/C24H26N5/c1-25-21(23-26(2)17-11-6-7-12-18(17)27(23)3)15-10-16-22(25)24-28(4)19-13-8-9-14-20(19)29(24)5/h6-16H,1-5H3/q+3. The van der Waals surface area contributed by atoms with Crippen molar-refractivity contribution in [1.29, 1.82) is 0 Å². The molecule has 5 nitrogen and oxygen atoms in total. The van der Waals surface area contributed by atoms with Crippen LogP contribution in [0, 0.1) is 0 Å². The molecular formula is C24H26N5+3. The Morgan fingerprint density at radius 2 is 0.931 bits per heavy atom. The molecule has 0 aliphatic rings. The number of aryl methyl sites for hydroxylation is 4. The molecule has 0 amide bonds. The van der Waals surface area contributed by atoms with Crippen LogP contribution in [-0.4, -0.2) is 9.13 Å². The molecule has 0 bridgehead atoms. The van der Waals surface area contributed by atoms with Crippen molar-refractivity contribution >= 4 is 22.1 Å². The van der Waals surface area contributed by atoms with E-state index in [9.17, 15) is 0 Å². The van der Waals surface area contributed by atoms with E-state index in [1.807, 2.05) is 0 Å². The minimum absolute atomic E-state index is 1.17. The molecule has 3 heterocycles. The van der Waals surface area contributed by atoms with Gasteiger partial charge in [-0.05, 0) is 30.3 Å². The normalized spacial score (nSPS) is 11.6. The number of pyridine rings is 1. The molecule has 0 aliphatic carbocycles. The molecule has 144 valence electrons. The molecule has 0 saturated heterocycles. The molecule has 0 spiro atoms. The average Bonchev–Trinajstić information content (AvgIpc) is 3.14. The summed E-state index contributed by atoms with van der Waals surface area (Å²) < 4.78 is 11.4. The van der Waals surface area contributed by atoms with E-state index in [0.717, 1.165) is 0 Å². The molecule has 29 heavy (non-hydrogen) atoms. The second-order valence-corrected chi connectivity index (χ2v) is 7.72. The maximum absolute atomic E-state index is 2.29. The summed E-state index contributed by atoms with van der Waals surface area (Å²) in [6.07, 6.45) is 0. The molecule has 0 N–H and O–H groups in total. The summed E-state index contributed by atoms with van der Waals surface area (Å²) in [5.41, 5.74) is 7.26. The topological polar surface area (TPSA) is 21.5 Å². The van der Waals surface area contributed by atoms with Crippen LogP contribution >= 0.6 is 0 Å². The molecule has 3 aromatic heterocycles. The third kappa shape index (κ3) is 2.37. The molecular weight excluding hydrogens is 358 g/mol. The molecule has 0 aliphatic heterocycles. The highest BCUT2D eigenvalue weighted by Crippen LogP contribution is 2.23. The number of rotatable bonds is 2. The van der Waals surface area contributed by atoms with E-state index in [4.69, 9.17) is 0 Å². The minimum Gasteiger partial charge on any atom is -0.220 e. The van der Waals surface area contributed by atoms with E-state index in [2.05, 4.69) is 125 Å². The molecule has 5 heteroatoms. The Morgan fingerprint density at radius 1 is 0.517 bits per heavy atom. The quantitative estimate of drug-likeness (QED) is 0.417. The van der Waals surface area contributed by atoms with E-state index in [1.54, 1.807) is 0 Å². The first-order chi connectivity index (χ1) is 14.0. The van der Waals surface area contributed by atoms with Gasteiger partial charge in [-0.3, -0.25) is 0 Å². The van der Waals surface area contributed by atoms with Gasteiger partial charge < -0.3 is 0 Å². The molecule has 0 unspecified atom stereocenters. The summed E-state index contributed by atoms with van der Waals surface area (Å²) >= 11 is 0. The van der Waals surface area contributed by atoms with Crippen LogP contribution in [0.5, 0.6) is 0 Å². The summed E-state index contributed by atoms with van der Waals surface area (Å²) in [6, 6.07) is 23.6. The number of hydrogen-bond donors (Lipinski definition) is 0. The second kappa shape index (κ2) is 6.27. The number of para-hydroxylation sites is 4. The lowest BCUT2D eigenvalue weighted by molar-refractivity contribution is -0.685. The van der Waals surface area contributed by atoms with Crippen LogP contribution in [0.4, 0.5) is 0 Å². The fourth-order valence-corrected chi connectivity index (χ4v) is 4.69. The third-order valence-electron chi connectivity index (χ3n) is 6.17. The second-order valence-electron chi connectivity index (χ2n) is 7.72. The molecule has 2 aromatic carbocycles. The lowest BCUT2D eigenvalue weighted by Crippen LogP contribution is -2.43. The number of aromatic nitrogens is 5. The fraction of sp³-hybridized carbons (Fsp3) is 0.208. The summed E-state index contributed by atoms with van der Waals surface area (Å²) in [5.74, 6) is 2.36. The van der Waals surface area contributed by atoms with Crippen molar-refractivity contribution in [3.05, 3.63) is 66.7 Å². The number of benzene rings is 2. The van der Waals surface area contributed by atoms with Crippen molar-refractivity contribution in [3.63, 3.8) is 0 Å². The van der Waals surface area contributed by atoms with Crippen LogP contribution < -0.4 is 13.7 Å². The molecule has 0 radical (unpaired) electrons. The van der Waals surface area contributed by atoms with E-state index < -0.39 is 0 Å². The monoisotopic (exact) mass is 384 g/mol. The molecule has 5 aromatic rings. The van der Waals surface area contributed by atoms with Crippen LogP contribution in [-0.2, 0) is 35.2 Å².